The number of phenols is 1. The minimum atomic E-state index is -5.24. The molecule has 3 atom stereocenters. The van der Waals surface area contributed by atoms with Crippen LogP contribution in [0.3, 0.4) is 0 Å². The van der Waals surface area contributed by atoms with E-state index in [0.29, 0.717) is 0 Å². The number of Topliss-reactive ketones (excluding diaryl/α,β-unsaturated/α-hetero) is 1. The summed E-state index contributed by atoms with van der Waals surface area (Å²) in [6, 6.07) is 2.28. The first-order valence-corrected chi connectivity index (χ1v) is 6.23. The highest BCUT2D eigenvalue weighted by Crippen LogP contribution is 2.42. The number of amides is 2. The van der Waals surface area contributed by atoms with Gasteiger partial charge in [-0.1, -0.05) is 12.1 Å². The maximum Gasteiger partial charge on any atom is 0.437 e. The summed E-state index contributed by atoms with van der Waals surface area (Å²) in [5.74, 6) is -3.06. The average Bonchev–Trinajstić information content (AvgIpc) is 2.36. The maximum atomic E-state index is 13.2. The van der Waals surface area contributed by atoms with Crippen LogP contribution in [0.2, 0.25) is 0 Å². The third-order valence-electron chi connectivity index (χ3n) is 3.50. The Hall–Kier alpha value is -2.29. The van der Waals surface area contributed by atoms with Gasteiger partial charge < -0.3 is 20.8 Å². The Morgan fingerprint density at radius 2 is 1.82 bits per heavy atom. The predicted molar refractivity (Wildman–Crippen MR) is 67.7 cm³/mol. The van der Waals surface area contributed by atoms with Gasteiger partial charge in [0.05, 0.1) is 12.0 Å². The smallest absolute Gasteiger partial charge is 0.437 e. The lowest BCUT2D eigenvalue weighted by Crippen LogP contribution is -2.72. The van der Waals surface area contributed by atoms with Crippen LogP contribution in [-0.2, 0) is 4.79 Å². The monoisotopic (exact) mass is 318 g/mol. The number of phenolic OH excluding ortho intramolecular Hbond substituents is 1. The van der Waals surface area contributed by atoms with E-state index < -0.39 is 35.7 Å². The molecule has 0 spiro atoms. The summed E-state index contributed by atoms with van der Waals surface area (Å²) in [5, 5.41) is 22.7. The molecule has 1 aliphatic rings. The number of carbonyl (C=O) groups is 2. The predicted octanol–water partition coefficient (Wildman–Crippen LogP) is 1.20. The van der Waals surface area contributed by atoms with E-state index in [1.807, 2.05) is 0 Å². The van der Waals surface area contributed by atoms with Crippen molar-refractivity contribution < 1.29 is 33.0 Å². The lowest BCUT2D eigenvalue weighted by atomic mass is 9.79. The molecule has 9 heteroatoms. The highest BCUT2D eigenvalue weighted by atomic mass is 19.4. The molecule has 2 rings (SSSR count). The van der Waals surface area contributed by atoms with Crippen LogP contribution in [0.15, 0.2) is 24.3 Å². The van der Waals surface area contributed by atoms with E-state index in [0.717, 1.165) is 6.92 Å². The summed E-state index contributed by atoms with van der Waals surface area (Å²) in [7, 11) is 0. The van der Waals surface area contributed by atoms with E-state index in [2.05, 4.69) is 5.32 Å². The number of urea groups is 1. The molecular weight excluding hydrogens is 305 g/mol. The van der Waals surface area contributed by atoms with Crippen LogP contribution in [0.5, 0.6) is 5.75 Å². The van der Waals surface area contributed by atoms with Gasteiger partial charge in [0.25, 0.3) is 0 Å². The molecule has 0 aliphatic carbocycles. The number of hydrogen-bond acceptors (Lipinski definition) is 4. The summed E-state index contributed by atoms with van der Waals surface area (Å²) in [6.07, 6.45) is -5.24. The number of aromatic hydroxyl groups is 1. The van der Waals surface area contributed by atoms with Gasteiger partial charge >= 0.3 is 12.2 Å². The van der Waals surface area contributed by atoms with Crippen LogP contribution in [0.25, 0.3) is 0 Å². The minimum absolute atomic E-state index is 0.130. The Morgan fingerprint density at radius 3 is 2.27 bits per heavy atom. The molecule has 1 aromatic rings. The topological polar surface area (TPSA) is 98.7 Å². The van der Waals surface area contributed by atoms with E-state index in [-0.39, 0.29) is 11.3 Å². The SMILES string of the molecule is CC(=O)[C@@H]1[C@H](c2ccc(O)cc2)NC(=O)N[C@]1(O)C(F)(F)F. The second-order valence-corrected chi connectivity index (χ2v) is 5.02. The van der Waals surface area contributed by atoms with Crippen molar-refractivity contribution in [2.45, 2.75) is 24.9 Å². The van der Waals surface area contributed by atoms with Crippen LogP contribution in [0.1, 0.15) is 18.5 Å². The fourth-order valence-electron chi connectivity index (χ4n) is 2.49. The number of halogens is 3. The average molecular weight is 318 g/mol. The number of ketones is 1. The van der Waals surface area contributed by atoms with E-state index in [4.69, 9.17) is 0 Å². The highest BCUT2D eigenvalue weighted by molar-refractivity contribution is 5.86. The van der Waals surface area contributed by atoms with Crippen molar-refractivity contribution in [3.8, 4) is 5.75 Å². The van der Waals surface area contributed by atoms with Crippen molar-refractivity contribution in [2.24, 2.45) is 5.92 Å². The van der Waals surface area contributed by atoms with Crippen LogP contribution in [0, 0.1) is 5.92 Å². The Kier molecular flexibility index (Phi) is 3.78. The normalized spacial score (nSPS) is 28.7. The van der Waals surface area contributed by atoms with Gasteiger partial charge in [0.1, 0.15) is 11.5 Å². The van der Waals surface area contributed by atoms with E-state index in [1.165, 1.54) is 29.6 Å². The molecule has 120 valence electrons. The number of hydrogen-bond donors (Lipinski definition) is 4. The number of alkyl halides is 3. The molecule has 4 N–H and O–H groups in total. The van der Waals surface area contributed by atoms with Gasteiger partial charge in [-0.25, -0.2) is 4.79 Å². The lowest BCUT2D eigenvalue weighted by molar-refractivity contribution is -0.290. The van der Waals surface area contributed by atoms with Crippen molar-refractivity contribution in [1.82, 2.24) is 10.6 Å². The van der Waals surface area contributed by atoms with Crippen molar-refractivity contribution >= 4 is 11.8 Å². The maximum absolute atomic E-state index is 13.2. The number of benzene rings is 1. The molecule has 0 unspecified atom stereocenters. The minimum Gasteiger partial charge on any atom is -0.508 e. The second-order valence-electron chi connectivity index (χ2n) is 5.02. The zero-order valence-corrected chi connectivity index (χ0v) is 11.3. The van der Waals surface area contributed by atoms with Crippen LogP contribution in [-0.4, -0.2) is 33.9 Å². The van der Waals surface area contributed by atoms with E-state index >= 15 is 0 Å². The number of aliphatic hydroxyl groups is 1. The van der Waals surface area contributed by atoms with E-state index in [1.54, 1.807) is 0 Å². The quantitative estimate of drug-likeness (QED) is 0.658. The highest BCUT2D eigenvalue weighted by Gasteiger charge is 2.65. The van der Waals surface area contributed by atoms with Crippen LogP contribution >= 0.6 is 0 Å². The Morgan fingerprint density at radius 1 is 1.27 bits per heavy atom. The molecule has 0 radical (unpaired) electrons. The number of rotatable bonds is 2. The van der Waals surface area contributed by atoms with Gasteiger partial charge in [-0.2, -0.15) is 13.2 Å². The van der Waals surface area contributed by atoms with E-state index in [9.17, 15) is 33.0 Å². The van der Waals surface area contributed by atoms with Crippen molar-refractivity contribution in [3.05, 3.63) is 29.8 Å². The van der Waals surface area contributed by atoms with Gasteiger partial charge in [-0.15, -0.1) is 0 Å². The molecule has 0 saturated carbocycles. The summed E-state index contributed by atoms with van der Waals surface area (Å²) >= 11 is 0. The zero-order chi connectivity index (χ0) is 16.7. The van der Waals surface area contributed by atoms with Gasteiger partial charge in [0.2, 0.25) is 5.72 Å². The summed E-state index contributed by atoms with van der Waals surface area (Å²) < 4.78 is 39.5. The molecule has 22 heavy (non-hydrogen) atoms. The summed E-state index contributed by atoms with van der Waals surface area (Å²) in [5.41, 5.74) is -3.53. The third kappa shape index (κ3) is 2.59. The summed E-state index contributed by atoms with van der Waals surface area (Å²) in [4.78, 5) is 23.2. The molecule has 2 amide bonds. The molecule has 1 aromatic carbocycles. The van der Waals surface area contributed by atoms with Gasteiger partial charge in [0.15, 0.2) is 0 Å². The van der Waals surface area contributed by atoms with Crippen LogP contribution in [0.4, 0.5) is 18.0 Å². The standard InChI is InChI=1S/C13H13F3N2O4/c1-6(19)9-10(7-2-4-8(20)5-3-7)17-11(21)18-12(9,22)13(14,15)16/h2-5,9-10,20,22H,1H3,(H2,17,18,21)/t9-,10+,12-/m1/s1. The van der Waals surface area contributed by atoms with Crippen LogP contribution < -0.4 is 10.6 Å². The van der Waals surface area contributed by atoms with Gasteiger partial charge in [-0.05, 0) is 24.6 Å². The first-order chi connectivity index (χ1) is 10.1. The fraction of sp³-hybridized carbons (Fsp3) is 0.385. The van der Waals surface area contributed by atoms with Crippen molar-refractivity contribution in [1.29, 1.82) is 0 Å². The van der Waals surface area contributed by atoms with Crippen molar-refractivity contribution in [2.75, 3.05) is 0 Å². The fourth-order valence-corrected chi connectivity index (χ4v) is 2.49. The number of carbonyl (C=O) groups excluding carboxylic acids is 2. The number of nitrogens with one attached hydrogen (secondary N) is 2. The zero-order valence-electron chi connectivity index (χ0n) is 11.3. The second kappa shape index (κ2) is 5.16. The Bertz CT molecular complexity index is 602. The lowest BCUT2D eigenvalue weighted by Gasteiger charge is -2.44. The Balaban J connectivity index is 2.54. The molecule has 6 nitrogen and oxygen atoms in total. The molecule has 1 aliphatic heterocycles. The molecule has 1 saturated heterocycles. The largest absolute Gasteiger partial charge is 0.508 e. The van der Waals surface area contributed by atoms with Gasteiger partial charge in [-0.3, -0.25) is 4.79 Å². The third-order valence-corrected chi connectivity index (χ3v) is 3.50. The molecule has 1 fully saturated rings. The van der Waals surface area contributed by atoms with Gasteiger partial charge in [0, 0.05) is 0 Å². The van der Waals surface area contributed by atoms with Crippen molar-refractivity contribution in [3.63, 3.8) is 0 Å². The molecule has 1 heterocycles. The first kappa shape index (κ1) is 16.1. The summed E-state index contributed by atoms with van der Waals surface area (Å²) in [6.45, 7) is 0.897. The molecule has 0 bridgehead atoms. The molecular formula is C13H13F3N2O4. The molecule has 0 aromatic heterocycles. The first-order valence-electron chi connectivity index (χ1n) is 6.23. The Labute approximate surface area is 122 Å².